The second-order valence-corrected chi connectivity index (χ2v) is 8.43. The molecule has 160 valence electrons. The third kappa shape index (κ3) is 6.94. The predicted molar refractivity (Wildman–Crippen MR) is 113 cm³/mol. The number of fused-ring (bicyclic) bond motifs is 1. The number of hydrogen-bond acceptors (Lipinski definition) is 5. The van der Waals surface area contributed by atoms with Crippen molar-refractivity contribution in [2.24, 2.45) is 0 Å². The maximum atomic E-state index is 6.13. The molecule has 0 saturated carbocycles. The van der Waals surface area contributed by atoms with E-state index in [0.717, 1.165) is 37.4 Å². The van der Waals surface area contributed by atoms with Crippen molar-refractivity contribution in [3.05, 3.63) is 23.8 Å². The van der Waals surface area contributed by atoms with Gasteiger partial charge in [0.25, 0.3) is 0 Å². The predicted octanol–water partition coefficient (Wildman–Crippen LogP) is 4.72. The average Bonchev–Trinajstić information content (AvgIpc) is 2.65. The molecule has 0 amide bonds. The fraction of sp³-hybridized carbons (Fsp3) is 0.739. The van der Waals surface area contributed by atoms with Crippen molar-refractivity contribution in [2.45, 2.75) is 78.0 Å². The van der Waals surface area contributed by atoms with Gasteiger partial charge >= 0.3 is 0 Å². The Kier molecular flexibility index (Phi) is 9.06. The van der Waals surface area contributed by atoms with Crippen molar-refractivity contribution in [1.29, 1.82) is 0 Å². The van der Waals surface area contributed by atoms with Gasteiger partial charge in [0.15, 0.2) is 11.5 Å². The van der Waals surface area contributed by atoms with Crippen LogP contribution in [0.5, 0.6) is 11.5 Å². The molecule has 0 bridgehead atoms. The van der Waals surface area contributed by atoms with Crippen LogP contribution < -0.4 is 14.8 Å². The first-order valence-corrected chi connectivity index (χ1v) is 10.7. The largest absolute Gasteiger partial charge is 0.490 e. The fourth-order valence-electron chi connectivity index (χ4n) is 2.91. The lowest BCUT2D eigenvalue weighted by molar-refractivity contribution is -0.178. The summed E-state index contributed by atoms with van der Waals surface area (Å²) in [5.41, 5.74) is 0.477. The molecule has 0 aliphatic carbocycles. The monoisotopic (exact) mass is 393 g/mol. The molecule has 0 spiro atoms. The number of benzene rings is 1. The van der Waals surface area contributed by atoms with E-state index in [9.17, 15) is 0 Å². The van der Waals surface area contributed by atoms with Crippen molar-refractivity contribution in [3.63, 3.8) is 0 Å². The van der Waals surface area contributed by atoms with Gasteiger partial charge in [-0.2, -0.15) is 0 Å². The van der Waals surface area contributed by atoms with Gasteiger partial charge in [-0.1, -0.05) is 19.4 Å². The summed E-state index contributed by atoms with van der Waals surface area (Å²) in [6, 6.07) is 6.21. The van der Waals surface area contributed by atoms with Crippen LogP contribution in [0.4, 0.5) is 0 Å². The summed E-state index contributed by atoms with van der Waals surface area (Å²) >= 11 is 0. The molecule has 0 aromatic heterocycles. The highest BCUT2D eigenvalue weighted by Gasteiger charge is 2.38. The zero-order valence-corrected chi connectivity index (χ0v) is 18.4. The lowest BCUT2D eigenvalue weighted by Crippen LogP contribution is -2.50. The fourth-order valence-corrected chi connectivity index (χ4v) is 2.91. The van der Waals surface area contributed by atoms with E-state index in [1.165, 1.54) is 18.4 Å². The molecule has 5 heteroatoms. The summed E-state index contributed by atoms with van der Waals surface area (Å²) in [7, 11) is 0. The Hall–Kier alpha value is -1.30. The first kappa shape index (κ1) is 23.0. The van der Waals surface area contributed by atoms with E-state index >= 15 is 0 Å². The Bertz CT molecular complexity index is 586. The zero-order valence-electron chi connectivity index (χ0n) is 18.4. The summed E-state index contributed by atoms with van der Waals surface area (Å²) in [6.45, 7) is 14.9. The van der Waals surface area contributed by atoms with Crippen LogP contribution in [0.1, 0.15) is 65.9 Å². The van der Waals surface area contributed by atoms with E-state index in [1.54, 1.807) is 0 Å². The van der Waals surface area contributed by atoms with Gasteiger partial charge < -0.3 is 24.3 Å². The second kappa shape index (κ2) is 11.0. The van der Waals surface area contributed by atoms with Crippen molar-refractivity contribution < 1.29 is 18.9 Å². The van der Waals surface area contributed by atoms with Gasteiger partial charge in [-0.3, -0.25) is 0 Å². The van der Waals surface area contributed by atoms with Gasteiger partial charge in [0, 0.05) is 19.4 Å². The van der Waals surface area contributed by atoms with Crippen molar-refractivity contribution in [3.8, 4) is 11.5 Å². The highest BCUT2D eigenvalue weighted by atomic mass is 16.6. The molecular formula is C23H39NO4. The molecular weight excluding hydrogens is 354 g/mol. The van der Waals surface area contributed by atoms with E-state index in [1.807, 2.05) is 6.07 Å². The van der Waals surface area contributed by atoms with Crippen LogP contribution in [-0.2, 0) is 16.0 Å². The van der Waals surface area contributed by atoms with Crippen LogP contribution >= 0.6 is 0 Å². The smallest absolute Gasteiger partial charge is 0.161 e. The zero-order chi connectivity index (χ0) is 20.5. The topological polar surface area (TPSA) is 49.0 Å². The first-order valence-electron chi connectivity index (χ1n) is 10.7. The Balaban J connectivity index is 2.01. The Morgan fingerprint density at radius 1 is 0.857 bits per heavy atom. The molecule has 5 nitrogen and oxygen atoms in total. The molecule has 1 N–H and O–H groups in total. The molecule has 2 rings (SSSR count). The summed E-state index contributed by atoms with van der Waals surface area (Å²) in [5, 5.41) is 3.48. The van der Waals surface area contributed by atoms with Gasteiger partial charge in [0.1, 0.15) is 0 Å². The number of nitrogens with one attached hydrogen (secondary N) is 1. The lowest BCUT2D eigenvalue weighted by Gasteiger charge is -2.41. The third-order valence-electron chi connectivity index (χ3n) is 5.51. The minimum atomic E-state index is -0.368. The van der Waals surface area contributed by atoms with E-state index in [0.29, 0.717) is 26.4 Å². The SMILES string of the molecule is CCCCNCc1ccc2c(c1)OCCCOC(C)(C)C(C)(C)OCCCO2. The van der Waals surface area contributed by atoms with E-state index in [-0.39, 0.29) is 11.2 Å². The lowest BCUT2D eigenvalue weighted by atomic mass is 9.89. The van der Waals surface area contributed by atoms with E-state index in [4.69, 9.17) is 18.9 Å². The van der Waals surface area contributed by atoms with Crippen LogP contribution in [0, 0.1) is 0 Å². The highest BCUT2D eigenvalue weighted by Crippen LogP contribution is 2.31. The molecule has 0 saturated heterocycles. The second-order valence-electron chi connectivity index (χ2n) is 8.43. The Morgan fingerprint density at radius 2 is 1.46 bits per heavy atom. The molecule has 28 heavy (non-hydrogen) atoms. The van der Waals surface area contributed by atoms with E-state index in [2.05, 4.69) is 52.1 Å². The standard InChI is InChI=1S/C23H39NO4/c1-6-7-12-24-18-19-10-11-20-21(17-19)26-14-9-16-28-23(4,5)22(2,3)27-15-8-13-25-20/h10-11,17,24H,6-9,12-16,18H2,1-5H3. The van der Waals surface area contributed by atoms with Gasteiger partial charge in [-0.25, -0.2) is 0 Å². The molecule has 1 aliphatic heterocycles. The molecule has 1 aromatic carbocycles. The van der Waals surface area contributed by atoms with Crippen molar-refractivity contribution in [2.75, 3.05) is 33.0 Å². The van der Waals surface area contributed by atoms with Crippen LogP contribution in [0.15, 0.2) is 18.2 Å². The molecule has 0 atom stereocenters. The summed E-state index contributed by atoms with van der Waals surface area (Å²) < 4.78 is 24.3. The van der Waals surface area contributed by atoms with Gasteiger partial charge in [-0.05, 0) is 58.4 Å². The van der Waals surface area contributed by atoms with Gasteiger partial charge in [0.2, 0.25) is 0 Å². The van der Waals surface area contributed by atoms with Crippen LogP contribution in [-0.4, -0.2) is 44.2 Å². The number of rotatable bonds is 5. The minimum absolute atomic E-state index is 0.366. The maximum absolute atomic E-state index is 6.13. The molecule has 0 radical (unpaired) electrons. The minimum Gasteiger partial charge on any atom is -0.490 e. The average molecular weight is 394 g/mol. The number of unbranched alkanes of at least 4 members (excludes halogenated alkanes) is 1. The summed E-state index contributed by atoms with van der Waals surface area (Å²) in [6.07, 6.45) is 4.03. The Morgan fingerprint density at radius 3 is 2.07 bits per heavy atom. The highest BCUT2D eigenvalue weighted by molar-refractivity contribution is 5.43. The maximum Gasteiger partial charge on any atom is 0.161 e. The van der Waals surface area contributed by atoms with Crippen LogP contribution in [0.25, 0.3) is 0 Å². The number of hydrogen-bond donors (Lipinski definition) is 1. The molecule has 1 heterocycles. The molecule has 1 aromatic rings. The van der Waals surface area contributed by atoms with E-state index < -0.39 is 0 Å². The first-order chi connectivity index (χ1) is 13.4. The normalized spacial score (nSPS) is 20.3. The van der Waals surface area contributed by atoms with Crippen molar-refractivity contribution >= 4 is 0 Å². The van der Waals surface area contributed by atoms with Crippen LogP contribution in [0.3, 0.4) is 0 Å². The van der Waals surface area contributed by atoms with Crippen LogP contribution in [0.2, 0.25) is 0 Å². The summed E-state index contributed by atoms with van der Waals surface area (Å²) in [4.78, 5) is 0. The van der Waals surface area contributed by atoms with Crippen molar-refractivity contribution in [1.82, 2.24) is 5.32 Å². The third-order valence-corrected chi connectivity index (χ3v) is 5.51. The molecule has 0 fully saturated rings. The van der Waals surface area contributed by atoms with Gasteiger partial charge in [-0.15, -0.1) is 0 Å². The van der Waals surface area contributed by atoms with Gasteiger partial charge in [0.05, 0.1) is 37.6 Å². The molecule has 0 unspecified atom stereocenters. The summed E-state index contributed by atoms with van der Waals surface area (Å²) in [5.74, 6) is 1.61. The number of ether oxygens (including phenoxy) is 4. The quantitative estimate of drug-likeness (QED) is 0.734. The Labute approximate surface area is 171 Å². The molecule has 1 aliphatic rings.